The minimum absolute atomic E-state index is 0.0746. The first-order valence-electron chi connectivity index (χ1n) is 7.97. The molecule has 0 heterocycles. The molecule has 0 aromatic heterocycles. The van der Waals surface area contributed by atoms with E-state index in [0.29, 0.717) is 11.4 Å². The van der Waals surface area contributed by atoms with E-state index in [2.05, 4.69) is 33.2 Å². The van der Waals surface area contributed by atoms with Crippen LogP contribution in [0.1, 0.15) is 48.5 Å². The number of nitrogens with zero attached hydrogens (tertiary/aromatic N) is 2. The normalized spacial score (nSPS) is 15.1. The van der Waals surface area contributed by atoms with Gasteiger partial charge in [-0.2, -0.15) is 0 Å². The van der Waals surface area contributed by atoms with Gasteiger partial charge in [-0.15, -0.1) is 0 Å². The summed E-state index contributed by atoms with van der Waals surface area (Å²) in [7, 11) is 1.93. The lowest BCUT2D eigenvalue weighted by Crippen LogP contribution is -2.57. The van der Waals surface area contributed by atoms with Crippen LogP contribution in [0.4, 0.5) is 0 Å². The van der Waals surface area contributed by atoms with Crippen molar-refractivity contribution in [3.8, 4) is 0 Å². The first-order valence-corrected chi connectivity index (χ1v) is 7.97. The molecule has 0 saturated heterocycles. The van der Waals surface area contributed by atoms with E-state index < -0.39 is 0 Å². The fraction of sp³-hybridized carbons (Fsp3) is 0.875. The van der Waals surface area contributed by atoms with Crippen molar-refractivity contribution in [1.29, 1.82) is 0 Å². The van der Waals surface area contributed by atoms with Crippen molar-refractivity contribution in [2.24, 2.45) is 15.7 Å². The second-order valence-corrected chi connectivity index (χ2v) is 7.67. The van der Waals surface area contributed by atoms with Gasteiger partial charge in [0, 0.05) is 25.0 Å². The summed E-state index contributed by atoms with van der Waals surface area (Å²) in [5, 5.41) is 34.7. The zero-order chi connectivity index (χ0) is 18.3. The fourth-order valence-electron chi connectivity index (χ4n) is 1.99. The zero-order valence-corrected chi connectivity index (χ0v) is 15.9. The molecule has 7 heteroatoms. The van der Waals surface area contributed by atoms with Crippen LogP contribution in [-0.2, 0) is 0 Å². The van der Waals surface area contributed by atoms with Crippen LogP contribution in [0.25, 0.3) is 0 Å². The topological polar surface area (TPSA) is 101 Å². The highest BCUT2D eigenvalue weighted by atomic mass is 16.4. The van der Waals surface area contributed by atoms with Gasteiger partial charge in [0.05, 0.1) is 22.5 Å². The number of rotatable bonds is 10. The molecule has 0 fully saturated rings. The van der Waals surface area contributed by atoms with Gasteiger partial charge >= 0.3 is 0 Å². The third-order valence-electron chi connectivity index (χ3n) is 4.63. The summed E-state index contributed by atoms with van der Waals surface area (Å²) in [5.74, 6) is 0. The maximum atomic E-state index is 8.99. The van der Waals surface area contributed by atoms with Crippen molar-refractivity contribution in [1.82, 2.24) is 16.0 Å². The Kier molecular flexibility index (Phi) is 8.17. The van der Waals surface area contributed by atoms with Crippen LogP contribution in [0.15, 0.2) is 10.3 Å². The molecule has 0 spiro atoms. The Morgan fingerprint density at radius 3 is 1.39 bits per heavy atom. The number of oxime groups is 2. The Bertz CT molecular complexity index is 396. The third-order valence-corrected chi connectivity index (χ3v) is 4.63. The Morgan fingerprint density at radius 1 is 0.783 bits per heavy atom. The van der Waals surface area contributed by atoms with Crippen LogP contribution in [0, 0.1) is 5.41 Å². The highest BCUT2D eigenvalue weighted by molar-refractivity contribution is 5.90. The van der Waals surface area contributed by atoms with Crippen molar-refractivity contribution < 1.29 is 10.4 Å². The second kappa shape index (κ2) is 8.61. The highest BCUT2D eigenvalue weighted by Gasteiger charge is 2.31. The lowest BCUT2D eigenvalue weighted by Gasteiger charge is -2.37. The van der Waals surface area contributed by atoms with Gasteiger partial charge < -0.3 is 26.4 Å². The molecule has 0 aliphatic rings. The highest BCUT2D eigenvalue weighted by Crippen LogP contribution is 2.18. The molecule has 0 aromatic rings. The largest absolute Gasteiger partial charge is 0.411 e. The Balaban J connectivity index is 4.94. The number of hydrogen-bond acceptors (Lipinski definition) is 7. The SMILES string of the molecule is CNCC(C)(CNC(C)(C)/C(C)=N/O)CNC(C)(C)/C(C)=N/O. The van der Waals surface area contributed by atoms with Crippen molar-refractivity contribution in [2.45, 2.75) is 59.5 Å². The summed E-state index contributed by atoms with van der Waals surface area (Å²) in [4.78, 5) is 0. The predicted molar refractivity (Wildman–Crippen MR) is 96.0 cm³/mol. The van der Waals surface area contributed by atoms with Crippen molar-refractivity contribution in [3.63, 3.8) is 0 Å². The van der Waals surface area contributed by atoms with E-state index in [1.807, 2.05) is 34.7 Å². The fourth-order valence-corrected chi connectivity index (χ4v) is 1.99. The van der Waals surface area contributed by atoms with Gasteiger partial charge in [0.25, 0.3) is 0 Å². The summed E-state index contributed by atoms with van der Waals surface area (Å²) >= 11 is 0. The predicted octanol–water partition coefficient (Wildman–Crippen LogP) is 1.65. The molecular formula is C16H35N5O2. The average Bonchev–Trinajstić information content (AvgIpc) is 2.50. The summed E-state index contributed by atoms with van der Waals surface area (Å²) in [6.07, 6.45) is 0. The van der Waals surface area contributed by atoms with Crippen LogP contribution in [-0.4, -0.2) is 59.6 Å². The van der Waals surface area contributed by atoms with E-state index in [1.165, 1.54) is 0 Å². The van der Waals surface area contributed by atoms with Crippen LogP contribution < -0.4 is 16.0 Å². The van der Waals surface area contributed by atoms with Crippen LogP contribution in [0.2, 0.25) is 0 Å². The minimum Gasteiger partial charge on any atom is -0.411 e. The summed E-state index contributed by atoms with van der Waals surface area (Å²) in [5.41, 5.74) is 0.430. The van der Waals surface area contributed by atoms with E-state index >= 15 is 0 Å². The van der Waals surface area contributed by atoms with Crippen molar-refractivity contribution >= 4 is 11.4 Å². The Hall–Kier alpha value is -1.18. The quantitative estimate of drug-likeness (QED) is 0.238. The molecule has 136 valence electrons. The first-order chi connectivity index (χ1) is 10.4. The molecule has 23 heavy (non-hydrogen) atoms. The van der Waals surface area contributed by atoms with Gasteiger partial charge in [-0.1, -0.05) is 17.2 Å². The molecule has 0 radical (unpaired) electrons. The molecule has 0 atom stereocenters. The molecule has 0 amide bonds. The van der Waals surface area contributed by atoms with Crippen molar-refractivity contribution in [3.05, 3.63) is 0 Å². The first kappa shape index (κ1) is 21.8. The third kappa shape index (κ3) is 6.85. The standard InChI is InChI=1S/C16H35N5O2/c1-12(20-22)14(3,4)18-10-16(7,9-17-8)11-19-15(5,6)13(2)21-23/h17-19,22-23H,9-11H2,1-8H3/b20-12+,21-13+. The summed E-state index contributed by atoms with van der Waals surface area (Å²) in [6, 6.07) is 0. The zero-order valence-electron chi connectivity index (χ0n) is 15.9. The van der Waals surface area contributed by atoms with Crippen LogP contribution in [0.5, 0.6) is 0 Å². The molecule has 0 saturated carbocycles. The Labute approximate surface area is 140 Å². The van der Waals surface area contributed by atoms with E-state index in [4.69, 9.17) is 10.4 Å². The van der Waals surface area contributed by atoms with Crippen molar-refractivity contribution in [2.75, 3.05) is 26.7 Å². The van der Waals surface area contributed by atoms with Gasteiger partial charge in [0.15, 0.2) is 0 Å². The summed E-state index contributed by atoms with van der Waals surface area (Å²) < 4.78 is 0. The molecular weight excluding hydrogens is 294 g/mol. The van der Waals surface area contributed by atoms with E-state index in [9.17, 15) is 0 Å². The van der Waals surface area contributed by atoms with Crippen LogP contribution in [0.3, 0.4) is 0 Å². The smallest absolute Gasteiger partial charge is 0.0734 e. The van der Waals surface area contributed by atoms with Gasteiger partial charge in [-0.05, 0) is 48.6 Å². The molecule has 0 bridgehead atoms. The van der Waals surface area contributed by atoms with E-state index in [0.717, 1.165) is 19.6 Å². The monoisotopic (exact) mass is 329 g/mol. The van der Waals surface area contributed by atoms with Gasteiger partial charge in [0.2, 0.25) is 0 Å². The molecule has 0 aromatic carbocycles. The Morgan fingerprint density at radius 2 is 1.13 bits per heavy atom. The van der Waals surface area contributed by atoms with Gasteiger partial charge in [0.1, 0.15) is 0 Å². The van der Waals surface area contributed by atoms with E-state index in [-0.39, 0.29) is 16.5 Å². The number of hydrogen-bond donors (Lipinski definition) is 5. The maximum absolute atomic E-state index is 8.99. The average molecular weight is 329 g/mol. The lowest BCUT2D eigenvalue weighted by atomic mass is 9.86. The minimum atomic E-state index is -0.387. The summed E-state index contributed by atoms with van der Waals surface area (Å²) in [6.45, 7) is 16.0. The molecule has 0 rings (SSSR count). The van der Waals surface area contributed by atoms with Crippen LogP contribution >= 0.6 is 0 Å². The molecule has 0 aliphatic carbocycles. The van der Waals surface area contributed by atoms with Gasteiger partial charge in [-0.25, -0.2) is 0 Å². The molecule has 5 N–H and O–H groups in total. The van der Waals surface area contributed by atoms with Gasteiger partial charge in [-0.3, -0.25) is 0 Å². The lowest BCUT2D eigenvalue weighted by molar-refractivity contribution is 0.243. The number of nitrogens with one attached hydrogen (secondary N) is 3. The maximum Gasteiger partial charge on any atom is 0.0734 e. The molecule has 0 aliphatic heterocycles. The van der Waals surface area contributed by atoms with E-state index in [1.54, 1.807) is 13.8 Å². The molecule has 0 unspecified atom stereocenters. The molecule has 7 nitrogen and oxygen atoms in total. The second-order valence-electron chi connectivity index (χ2n) is 7.67.